The van der Waals surface area contributed by atoms with Crippen molar-refractivity contribution in [1.82, 2.24) is 4.90 Å². The third-order valence-electron chi connectivity index (χ3n) is 4.90. The lowest BCUT2D eigenvalue weighted by Crippen LogP contribution is -2.42. The topological polar surface area (TPSA) is 37.4 Å². The SMILES string of the molecule is CC=CCCCC(C)CC(CC(C)C=O)N1CCCCCC1=O. The van der Waals surface area contributed by atoms with Crippen LogP contribution in [0.3, 0.4) is 0 Å². The largest absolute Gasteiger partial charge is 0.340 e. The van der Waals surface area contributed by atoms with Crippen LogP contribution in [0.5, 0.6) is 0 Å². The predicted octanol–water partition coefficient (Wildman–Crippen LogP) is 4.76. The smallest absolute Gasteiger partial charge is 0.222 e. The Labute approximate surface area is 142 Å². The van der Waals surface area contributed by atoms with Crippen LogP contribution in [0, 0.1) is 11.8 Å². The van der Waals surface area contributed by atoms with E-state index in [9.17, 15) is 9.59 Å². The number of amides is 1. The summed E-state index contributed by atoms with van der Waals surface area (Å²) in [6.45, 7) is 7.20. The van der Waals surface area contributed by atoms with Gasteiger partial charge in [-0.05, 0) is 51.4 Å². The summed E-state index contributed by atoms with van der Waals surface area (Å²) < 4.78 is 0. The third kappa shape index (κ3) is 7.81. The monoisotopic (exact) mass is 321 g/mol. The number of hydrogen-bond donors (Lipinski definition) is 0. The summed E-state index contributed by atoms with van der Waals surface area (Å²) in [5.41, 5.74) is 0. The average Bonchev–Trinajstić information content (AvgIpc) is 2.75. The van der Waals surface area contributed by atoms with Crippen LogP contribution >= 0.6 is 0 Å². The zero-order chi connectivity index (χ0) is 17.1. The molecule has 1 aliphatic rings. The van der Waals surface area contributed by atoms with Gasteiger partial charge in [0, 0.05) is 24.9 Å². The number of unbranched alkanes of at least 4 members (excludes halogenated alkanes) is 1. The molecule has 3 unspecified atom stereocenters. The first kappa shape index (κ1) is 19.9. The van der Waals surface area contributed by atoms with Gasteiger partial charge < -0.3 is 9.69 Å². The van der Waals surface area contributed by atoms with E-state index in [-0.39, 0.29) is 12.0 Å². The molecule has 1 fully saturated rings. The van der Waals surface area contributed by atoms with Crippen LogP contribution in [-0.4, -0.2) is 29.7 Å². The number of aldehydes is 1. The lowest BCUT2D eigenvalue weighted by Gasteiger charge is -2.34. The molecule has 3 nitrogen and oxygen atoms in total. The Balaban J connectivity index is 2.63. The van der Waals surface area contributed by atoms with Crippen molar-refractivity contribution in [2.75, 3.05) is 6.54 Å². The van der Waals surface area contributed by atoms with Gasteiger partial charge in [-0.1, -0.05) is 38.8 Å². The van der Waals surface area contributed by atoms with Gasteiger partial charge in [-0.3, -0.25) is 4.79 Å². The van der Waals surface area contributed by atoms with Crippen molar-refractivity contribution in [1.29, 1.82) is 0 Å². The second-order valence-corrected chi connectivity index (χ2v) is 7.24. The highest BCUT2D eigenvalue weighted by Gasteiger charge is 2.27. The van der Waals surface area contributed by atoms with Crippen molar-refractivity contribution in [3.8, 4) is 0 Å². The second kappa shape index (κ2) is 11.4. The molecule has 1 rings (SSSR count). The molecule has 3 atom stereocenters. The highest BCUT2D eigenvalue weighted by molar-refractivity contribution is 5.76. The van der Waals surface area contributed by atoms with Crippen LogP contribution in [0.1, 0.15) is 78.6 Å². The van der Waals surface area contributed by atoms with Crippen LogP contribution < -0.4 is 0 Å². The zero-order valence-electron chi connectivity index (χ0n) is 15.3. The maximum absolute atomic E-state index is 12.4. The Morgan fingerprint density at radius 3 is 2.65 bits per heavy atom. The minimum Gasteiger partial charge on any atom is -0.340 e. The number of carbonyl (C=O) groups is 2. The fraction of sp³-hybridized carbons (Fsp3) is 0.800. The molecule has 3 heteroatoms. The quantitative estimate of drug-likeness (QED) is 0.330. The number of carbonyl (C=O) groups excluding carboxylic acids is 2. The Morgan fingerprint density at radius 2 is 1.96 bits per heavy atom. The number of hydrogen-bond acceptors (Lipinski definition) is 2. The van der Waals surface area contributed by atoms with Gasteiger partial charge in [0.15, 0.2) is 0 Å². The molecule has 23 heavy (non-hydrogen) atoms. The Kier molecular flexibility index (Phi) is 9.89. The molecule has 0 aliphatic carbocycles. The van der Waals surface area contributed by atoms with Gasteiger partial charge in [0.2, 0.25) is 5.91 Å². The van der Waals surface area contributed by atoms with E-state index in [1.165, 1.54) is 12.8 Å². The van der Waals surface area contributed by atoms with Gasteiger partial charge in [0.25, 0.3) is 0 Å². The molecular formula is C20H35NO2. The molecule has 0 saturated carbocycles. The number of nitrogens with zero attached hydrogens (tertiary/aromatic N) is 1. The minimum atomic E-state index is 0.0336. The highest BCUT2D eigenvalue weighted by Crippen LogP contribution is 2.25. The zero-order valence-corrected chi connectivity index (χ0v) is 15.3. The van der Waals surface area contributed by atoms with Crippen LogP contribution in [-0.2, 0) is 9.59 Å². The lowest BCUT2D eigenvalue weighted by molar-refractivity contribution is -0.134. The van der Waals surface area contributed by atoms with E-state index in [4.69, 9.17) is 0 Å². The molecule has 0 N–H and O–H groups in total. The van der Waals surface area contributed by atoms with Gasteiger partial charge in [0.1, 0.15) is 6.29 Å². The fourth-order valence-corrected chi connectivity index (χ4v) is 3.56. The number of rotatable bonds is 10. The van der Waals surface area contributed by atoms with Gasteiger partial charge in [-0.15, -0.1) is 0 Å². The molecule has 0 aromatic rings. The molecule has 132 valence electrons. The minimum absolute atomic E-state index is 0.0336. The van der Waals surface area contributed by atoms with Crippen molar-refractivity contribution in [3.63, 3.8) is 0 Å². The molecular weight excluding hydrogens is 286 g/mol. The van der Waals surface area contributed by atoms with Crippen molar-refractivity contribution < 1.29 is 9.59 Å². The van der Waals surface area contributed by atoms with Crippen molar-refractivity contribution in [2.45, 2.75) is 84.6 Å². The molecule has 0 aromatic carbocycles. The van der Waals surface area contributed by atoms with Crippen molar-refractivity contribution >= 4 is 12.2 Å². The van der Waals surface area contributed by atoms with Gasteiger partial charge in [-0.25, -0.2) is 0 Å². The van der Waals surface area contributed by atoms with E-state index in [1.807, 2.05) is 6.92 Å². The Morgan fingerprint density at radius 1 is 1.17 bits per heavy atom. The van der Waals surface area contributed by atoms with E-state index >= 15 is 0 Å². The summed E-state index contributed by atoms with van der Waals surface area (Å²) in [7, 11) is 0. The van der Waals surface area contributed by atoms with Crippen LogP contribution in [0.2, 0.25) is 0 Å². The molecule has 1 amide bonds. The average molecular weight is 322 g/mol. The Hall–Kier alpha value is -1.12. The summed E-state index contributed by atoms with van der Waals surface area (Å²) in [4.78, 5) is 25.6. The molecule has 1 aliphatic heterocycles. The maximum atomic E-state index is 12.4. The second-order valence-electron chi connectivity index (χ2n) is 7.24. The van der Waals surface area contributed by atoms with Crippen molar-refractivity contribution in [2.24, 2.45) is 11.8 Å². The first-order valence-electron chi connectivity index (χ1n) is 9.44. The summed E-state index contributed by atoms with van der Waals surface area (Å²) in [6.07, 6.45) is 14.7. The summed E-state index contributed by atoms with van der Waals surface area (Å²) in [5, 5.41) is 0. The molecule has 0 radical (unpaired) electrons. The summed E-state index contributed by atoms with van der Waals surface area (Å²) in [5.74, 6) is 0.929. The van der Waals surface area contributed by atoms with Crippen molar-refractivity contribution in [3.05, 3.63) is 12.2 Å². The van der Waals surface area contributed by atoms with Gasteiger partial charge >= 0.3 is 0 Å². The molecule has 0 aromatic heterocycles. The van der Waals surface area contributed by atoms with Crippen LogP contribution in [0.25, 0.3) is 0 Å². The van der Waals surface area contributed by atoms with E-state index in [1.54, 1.807) is 0 Å². The number of likely N-dealkylation sites (tertiary alicyclic amines) is 1. The summed E-state index contributed by atoms with van der Waals surface area (Å²) >= 11 is 0. The van der Waals surface area contributed by atoms with E-state index < -0.39 is 0 Å². The lowest BCUT2D eigenvalue weighted by atomic mass is 9.90. The van der Waals surface area contributed by atoms with E-state index in [2.05, 4.69) is 30.9 Å². The third-order valence-corrected chi connectivity index (χ3v) is 4.90. The highest BCUT2D eigenvalue weighted by atomic mass is 16.2. The molecule has 1 heterocycles. The maximum Gasteiger partial charge on any atom is 0.222 e. The fourth-order valence-electron chi connectivity index (χ4n) is 3.56. The normalized spacial score (nSPS) is 20.3. The molecule has 0 spiro atoms. The first-order chi connectivity index (χ1) is 11.1. The van der Waals surface area contributed by atoms with E-state index in [0.717, 1.165) is 51.4 Å². The van der Waals surface area contributed by atoms with Crippen LogP contribution in [0.4, 0.5) is 0 Å². The molecule has 0 bridgehead atoms. The van der Waals surface area contributed by atoms with Gasteiger partial charge in [-0.2, -0.15) is 0 Å². The Bertz CT molecular complexity index is 378. The first-order valence-corrected chi connectivity index (χ1v) is 9.44. The standard InChI is InChI=1S/C20H35NO2/c1-4-5-6-8-11-17(2)14-19(15-18(3)16-22)21-13-10-7-9-12-20(21)23/h4-5,16-19H,6-15H2,1-3H3. The number of allylic oxidation sites excluding steroid dienone is 2. The predicted molar refractivity (Wildman–Crippen MR) is 96.3 cm³/mol. The summed E-state index contributed by atoms with van der Waals surface area (Å²) in [6, 6.07) is 0.234. The van der Waals surface area contributed by atoms with E-state index in [0.29, 0.717) is 18.2 Å². The molecule has 1 saturated heterocycles. The van der Waals surface area contributed by atoms with Crippen LogP contribution in [0.15, 0.2) is 12.2 Å². The van der Waals surface area contributed by atoms with Gasteiger partial charge in [0.05, 0.1) is 0 Å².